The first kappa shape index (κ1) is 32.7. The van der Waals surface area contributed by atoms with Crippen LogP contribution in [0.5, 0.6) is 0 Å². The highest BCUT2D eigenvalue weighted by Gasteiger charge is 2.31. The Morgan fingerprint density at radius 2 is 0.882 bits per heavy atom. The lowest BCUT2D eigenvalue weighted by molar-refractivity contribution is 0.478. The second kappa shape index (κ2) is 13.7. The summed E-state index contributed by atoms with van der Waals surface area (Å²) in [4.78, 5) is 0. The van der Waals surface area contributed by atoms with Gasteiger partial charge in [0.25, 0.3) is 0 Å². The van der Waals surface area contributed by atoms with Crippen LogP contribution in [0.15, 0.2) is 164 Å². The third kappa shape index (κ3) is 5.74. The van der Waals surface area contributed by atoms with Crippen molar-refractivity contribution in [2.75, 3.05) is 0 Å². The van der Waals surface area contributed by atoms with Gasteiger partial charge >= 0.3 is 0 Å². The van der Waals surface area contributed by atoms with Crippen LogP contribution in [0, 0.1) is 0 Å². The zero-order valence-electron chi connectivity index (χ0n) is 30.3. The molecule has 0 amide bonds. The third-order valence-corrected chi connectivity index (χ3v) is 11.7. The van der Waals surface area contributed by atoms with E-state index in [1.807, 2.05) is 0 Å². The van der Waals surface area contributed by atoms with Crippen molar-refractivity contribution in [3.63, 3.8) is 0 Å². The molecule has 0 aliphatic rings. The maximum Gasteiger partial charge on any atom is 0.0198 e. The van der Waals surface area contributed by atoms with Gasteiger partial charge in [-0.05, 0) is 114 Å². The fourth-order valence-corrected chi connectivity index (χ4v) is 8.56. The normalized spacial score (nSPS) is 12.5. The van der Waals surface area contributed by atoms with Gasteiger partial charge in [-0.15, -0.1) is 0 Å². The first-order chi connectivity index (χ1) is 25.0. The maximum absolute atomic E-state index is 2.49. The predicted octanol–water partition coefficient (Wildman–Crippen LogP) is 14.8. The van der Waals surface area contributed by atoms with Crippen LogP contribution in [-0.2, 0) is 5.41 Å². The van der Waals surface area contributed by atoms with Crippen LogP contribution < -0.4 is 0 Å². The molecule has 0 saturated carbocycles. The average molecular weight is 659 g/mol. The predicted molar refractivity (Wildman–Crippen MR) is 222 cm³/mol. The van der Waals surface area contributed by atoms with E-state index in [1.165, 1.54) is 82.4 Å². The van der Waals surface area contributed by atoms with E-state index in [4.69, 9.17) is 0 Å². The molecule has 0 heteroatoms. The zero-order chi connectivity index (χ0) is 35.0. The molecular formula is C51H46. The van der Waals surface area contributed by atoms with E-state index in [1.54, 1.807) is 0 Å². The van der Waals surface area contributed by atoms with E-state index in [2.05, 4.69) is 191 Å². The van der Waals surface area contributed by atoms with Crippen LogP contribution in [-0.4, -0.2) is 0 Å². The maximum atomic E-state index is 2.49. The topological polar surface area (TPSA) is 0 Å². The van der Waals surface area contributed by atoms with Gasteiger partial charge < -0.3 is 0 Å². The van der Waals surface area contributed by atoms with Gasteiger partial charge in [-0.2, -0.15) is 0 Å². The Kier molecular flexibility index (Phi) is 8.78. The monoisotopic (exact) mass is 658 g/mol. The Hall–Kier alpha value is -5.46. The largest absolute Gasteiger partial charge is 0.0648 e. The molecule has 250 valence electrons. The fourth-order valence-electron chi connectivity index (χ4n) is 8.56. The van der Waals surface area contributed by atoms with Gasteiger partial charge in [-0.3, -0.25) is 0 Å². The van der Waals surface area contributed by atoms with E-state index >= 15 is 0 Å². The van der Waals surface area contributed by atoms with Crippen molar-refractivity contribution in [2.24, 2.45) is 0 Å². The van der Waals surface area contributed by atoms with Gasteiger partial charge in [0.1, 0.15) is 0 Å². The van der Waals surface area contributed by atoms with Crippen molar-refractivity contribution >= 4 is 32.3 Å². The lowest BCUT2D eigenvalue weighted by Crippen LogP contribution is -2.26. The van der Waals surface area contributed by atoms with Gasteiger partial charge in [0.05, 0.1) is 0 Å². The highest BCUT2D eigenvalue weighted by Crippen LogP contribution is 2.46. The lowest BCUT2D eigenvalue weighted by Gasteiger charge is -2.34. The van der Waals surface area contributed by atoms with Crippen molar-refractivity contribution in [3.8, 4) is 33.4 Å². The van der Waals surface area contributed by atoms with E-state index in [0.29, 0.717) is 5.92 Å². The molecule has 8 aromatic rings. The van der Waals surface area contributed by atoms with Crippen LogP contribution >= 0.6 is 0 Å². The number of fused-ring (bicyclic) bond motifs is 3. The first-order valence-electron chi connectivity index (χ1n) is 18.8. The third-order valence-electron chi connectivity index (χ3n) is 11.7. The molecule has 0 aromatic heterocycles. The van der Waals surface area contributed by atoms with Crippen LogP contribution in [0.3, 0.4) is 0 Å². The summed E-state index contributed by atoms with van der Waals surface area (Å²) < 4.78 is 0. The number of rotatable bonds is 9. The summed E-state index contributed by atoms with van der Waals surface area (Å²) in [6, 6.07) is 61.6. The second-order valence-corrected chi connectivity index (χ2v) is 14.3. The van der Waals surface area contributed by atoms with E-state index in [0.717, 1.165) is 19.3 Å². The van der Waals surface area contributed by atoms with Crippen molar-refractivity contribution in [2.45, 2.75) is 58.3 Å². The van der Waals surface area contributed by atoms with Crippen molar-refractivity contribution in [3.05, 3.63) is 180 Å². The smallest absolute Gasteiger partial charge is 0.0198 e. The molecule has 1 unspecified atom stereocenters. The molecule has 8 rings (SSSR count). The first-order valence-corrected chi connectivity index (χ1v) is 18.8. The molecule has 0 fully saturated rings. The highest BCUT2D eigenvalue weighted by atomic mass is 14.3. The Morgan fingerprint density at radius 3 is 1.45 bits per heavy atom. The molecule has 0 heterocycles. The zero-order valence-corrected chi connectivity index (χ0v) is 30.3. The van der Waals surface area contributed by atoms with Gasteiger partial charge in [0, 0.05) is 5.41 Å². The van der Waals surface area contributed by atoms with Crippen LogP contribution in [0.2, 0.25) is 0 Å². The molecular weight excluding hydrogens is 613 g/mol. The van der Waals surface area contributed by atoms with Crippen LogP contribution in [0.4, 0.5) is 0 Å². The number of hydrogen-bond donors (Lipinski definition) is 0. The van der Waals surface area contributed by atoms with Crippen molar-refractivity contribution in [1.29, 1.82) is 0 Å². The molecule has 0 nitrogen and oxygen atoms in total. The summed E-state index contributed by atoms with van der Waals surface area (Å²) in [6.45, 7) is 9.31. The summed E-state index contributed by atoms with van der Waals surface area (Å²) >= 11 is 0. The molecule has 0 spiro atoms. The molecule has 0 N–H and O–H groups in total. The Morgan fingerprint density at radius 1 is 0.412 bits per heavy atom. The van der Waals surface area contributed by atoms with E-state index in [-0.39, 0.29) is 5.41 Å². The van der Waals surface area contributed by atoms with E-state index in [9.17, 15) is 0 Å². The van der Waals surface area contributed by atoms with Crippen molar-refractivity contribution < 1.29 is 0 Å². The standard InChI is InChI=1S/C51H46/c1-5-35(4)37-19-14-20-39(31-37)40-21-15-23-43(33-40)51(6-2,7-3)44-24-16-22-41(34-44)49-45-25-10-12-27-47(45)50(48-28-13-11-26-46(48)49)42-30-29-36-17-8-9-18-38(36)32-42/h8-35H,5-7H2,1-4H3. The molecule has 0 aliphatic heterocycles. The van der Waals surface area contributed by atoms with Gasteiger partial charge in [-0.1, -0.05) is 185 Å². The van der Waals surface area contributed by atoms with Gasteiger partial charge in [-0.25, -0.2) is 0 Å². The number of hydrogen-bond acceptors (Lipinski definition) is 0. The summed E-state index contributed by atoms with van der Waals surface area (Å²) in [5.74, 6) is 0.551. The second-order valence-electron chi connectivity index (χ2n) is 14.3. The molecule has 51 heavy (non-hydrogen) atoms. The number of benzene rings is 8. The Bertz CT molecular complexity index is 2450. The summed E-state index contributed by atoms with van der Waals surface area (Å²) in [6.07, 6.45) is 3.18. The fraction of sp³-hybridized carbons (Fsp3) is 0.176. The molecule has 0 bridgehead atoms. The van der Waals surface area contributed by atoms with Crippen LogP contribution in [0.1, 0.15) is 69.6 Å². The highest BCUT2D eigenvalue weighted by molar-refractivity contribution is 6.21. The summed E-state index contributed by atoms with van der Waals surface area (Å²) in [5.41, 5.74) is 11.8. The molecule has 0 saturated heterocycles. The minimum Gasteiger partial charge on any atom is -0.0648 e. The minimum absolute atomic E-state index is 0.114. The van der Waals surface area contributed by atoms with Crippen molar-refractivity contribution in [1.82, 2.24) is 0 Å². The molecule has 0 aliphatic carbocycles. The summed E-state index contributed by atoms with van der Waals surface area (Å²) in [5, 5.41) is 7.69. The minimum atomic E-state index is -0.114. The Balaban J connectivity index is 1.30. The summed E-state index contributed by atoms with van der Waals surface area (Å²) in [7, 11) is 0. The average Bonchev–Trinajstić information content (AvgIpc) is 3.20. The molecule has 1 atom stereocenters. The van der Waals surface area contributed by atoms with Crippen LogP contribution in [0.25, 0.3) is 65.7 Å². The van der Waals surface area contributed by atoms with Gasteiger partial charge in [0.15, 0.2) is 0 Å². The molecule has 0 radical (unpaired) electrons. The van der Waals surface area contributed by atoms with Gasteiger partial charge in [0.2, 0.25) is 0 Å². The van der Waals surface area contributed by atoms with E-state index < -0.39 is 0 Å². The molecule has 8 aromatic carbocycles. The lowest BCUT2D eigenvalue weighted by atomic mass is 9.69. The SMILES string of the molecule is CCC(C)c1cccc(-c2cccc(C(CC)(CC)c3cccc(-c4c5ccccc5c(-c5ccc6ccccc6c5)c5ccccc45)c3)c2)c1. The quantitative estimate of drug-likeness (QED) is 0.135. The Labute approximate surface area is 303 Å².